The van der Waals surface area contributed by atoms with Crippen LogP contribution < -0.4 is 4.74 Å². The van der Waals surface area contributed by atoms with Gasteiger partial charge in [0.1, 0.15) is 11.5 Å². The van der Waals surface area contributed by atoms with Gasteiger partial charge in [-0.2, -0.15) is 0 Å². The molecule has 2 aliphatic heterocycles. The molecule has 2 unspecified atom stereocenters. The Balaban J connectivity index is 0.000000515. The zero-order valence-corrected chi connectivity index (χ0v) is 29.8. The van der Waals surface area contributed by atoms with Gasteiger partial charge in [-0.15, -0.1) is 0 Å². The molecule has 2 atom stereocenters. The van der Waals surface area contributed by atoms with Crippen LogP contribution in [0.1, 0.15) is 122 Å². The van der Waals surface area contributed by atoms with E-state index in [2.05, 4.69) is 110 Å². The fraction of sp³-hybridized carbons (Fsp3) is 0.667. The summed E-state index contributed by atoms with van der Waals surface area (Å²) in [6.07, 6.45) is 12.0. The highest BCUT2D eigenvalue weighted by Gasteiger charge is 2.34. The van der Waals surface area contributed by atoms with E-state index in [1.54, 1.807) is 6.92 Å². The van der Waals surface area contributed by atoms with Crippen molar-refractivity contribution in [3.05, 3.63) is 64.7 Å². The van der Waals surface area contributed by atoms with Crippen LogP contribution in [0.4, 0.5) is 0 Å². The van der Waals surface area contributed by atoms with Crippen molar-refractivity contribution in [1.82, 2.24) is 4.90 Å². The normalized spacial score (nSPS) is 17.3. The lowest BCUT2D eigenvalue weighted by Crippen LogP contribution is -2.35. The molecule has 2 aromatic carbocycles. The highest BCUT2D eigenvalue weighted by atomic mass is 16.5. The summed E-state index contributed by atoms with van der Waals surface area (Å²) < 4.78 is 6.78. The molecule has 1 fully saturated rings. The molecular weight excluding hydrogens is 528 g/mol. The number of unbranched alkanes of at least 4 members (excludes halogenated alkanes) is 2. The average Bonchev–Trinajstić information content (AvgIpc) is 3.60. The van der Waals surface area contributed by atoms with Crippen LogP contribution in [0.3, 0.4) is 0 Å². The Morgan fingerprint density at radius 2 is 1.56 bits per heavy atom. The highest BCUT2D eigenvalue weighted by Crippen LogP contribution is 2.36. The van der Waals surface area contributed by atoms with Crippen LogP contribution in [-0.2, 0) is 24.1 Å². The van der Waals surface area contributed by atoms with Crippen LogP contribution in [-0.4, -0.2) is 68.6 Å². The maximum atomic E-state index is 11.9. The monoisotopic (exact) mass is 596 g/mol. The lowest BCUT2D eigenvalue weighted by molar-refractivity contribution is -0.870. The maximum absolute atomic E-state index is 11.9. The molecule has 0 aliphatic carbocycles. The molecule has 2 aliphatic rings. The first-order valence-electron chi connectivity index (χ1n) is 17.4. The van der Waals surface area contributed by atoms with Gasteiger partial charge < -0.3 is 9.22 Å². The maximum Gasteiger partial charge on any atom is 0.143 e. The largest absolute Gasteiger partial charge is 0.493 e. The molecule has 0 amide bonds. The number of quaternary nitrogens is 1. The SMILES string of the molecule is CCC.CCCC.CCCC[N+](C)(C)C.CCCc1ccccc1CC1CC(c2ccc3c(c2)CCO3)CN1CC(C)=O. The van der Waals surface area contributed by atoms with Crippen LogP contribution in [0.5, 0.6) is 5.75 Å². The lowest BCUT2D eigenvalue weighted by Gasteiger charge is -2.24. The molecule has 0 radical (unpaired) electrons. The molecule has 2 aromatic rings. The Morgan fingerprint density at radius 3 is 2.09 bits per heavy atom. The molecule has 43 heavy (non-hydrogen) atoms. The predicted molar refractivity (Wildman–Crippen MR) is 188 cm³/mol. The Hall–Kier alpha value is -2.17. The number of benzene rings is 2. The fourth-order valence-corrected chi connectivity index (χ4v) is 5.53. The number of fused-ring (bicyclic) bond motifs is 1. The first-order chi connectivity index (χ1) is 20.5. The Labute approximate surface area is 266 Å². The van der Waals surface area contributed by atoms with Gasteiger partial charge >= 0.3 is 0 Å². The van der Waals surface area contributed by atoms with Crippen LogP contribution in [0.2, 0.25) is 0 Å². The van der Waals surface area contributed by atoms with Gasteiger partial charge in [0.15, 0.2) is 0 Å². The molecule has 0 bridgehead atoms. The Bertz CT molecular complexity index is 1020. The summed E-state index contributed by atoms with van der Waals surface area (Å²) in [5, 5.41) is 0. The van der Waals surface area contributed by atoms with Crippen LogP contribution in [0.25, 0.3) is 0 Å². The van der Waals surface area contributed by atoms with Gasteiger partial charge in [0.2, 0.25) is 0 Å². The van der Waals surface area contributed by atoms with Crippen LogP contribution in [0, 0.1) is 0 Å². The number of hydrogen-bond acceptors (Lipinski definition) is 3. The molecule has 0 saturated carbocycles. The average molecular weight is 596 g/mol. The van der Waals surface area contributed by atoms with Gasteiger partial charge in [-0.1, -0.05) is 110 Å². The molecule has 4 heteroatoms. The van der Waals surface area contributed by atoms with Crippen molar-refractivity contribution in [2.45, 2.75) is 125 Å². The summed E-state index contributed by atoms with van der Waals surface area (Å²) in [7, 11) is 6.70. The van der Waals surface area contributed by atoms with Crippen molar-refractivity contribution in [1.29, 1.82) is 0 Å². The molecule has 244 valence electrons. The van der Waals surface area contributed by atoms with Gasteiger partial charge in [-0.3, -0.25) is 9.69 Å². The summed E-state index contributed by atoms with van der Waals surface area (Å²) in [4.78, 5) is 14.3. The van der Waals surface area contributed by atoms with E-state index < -0.39 is 0 Å². The number of likely N-dealkylation sites (tertiary alicyclic amines) is 1. The molecule has 0 aromatic heterocycles. The van der Waals surface area contributed by atoms with Crippen molar-refractivity contribution >= 4 is 5.78 Å². The van der Waals surface area contributed by atoms with Crippen molar-refractivity contribution in [2.75, 3.05) is 47.4 Å². The predicted octanol–water partition coefficient (Wildman–Crippen LogP) is 9.28. The topological polar surface area (TPSA) is 29.5 Å². The van der Waals surface area contributed by atoms with E-state index in [9.17, 15) is 4.79 Å². The van der Waals surface area contributed by atoms with Gasteiger partial charge in [-0.05, 0) is 66.8 Å². The van der Waals surface area contributed by atoms with E-state index in [0.717, 1.165) is 49.1 Å². The Kier molecular flexibility index (Phi) is 19.4. The second kappa shape index (κ2) is 21.5. The zero-order chi connectivity index (χ0) is 32.3. The highest BCUT2D eigenvalue weighted by molar-refractivity contribution is 5.77. The molecular formula is C39H67N2O2+. The molecule has 0 N–H and O–H groups in total. The van der Waals surface area contributed by atoms with Crippen LogP contribution >= 0.6 is 0 Å². The number of ether oxygens (including phenoxy) is 1. The third-order valence-electron chi connectivity index (χ3n) is 7.91. The van der Waals surface area contributed by atoms with E-state index in [4.69, 9.17) is 4.74 Å². The molecule has 0 spiro atoms. The van der Waals surface area contributed by atoms with E-state index in [-0.39, 0.29) is 5.78 Å². The van der Waals surface area contributed by atoms with Crippen molar-refractivity contribution in [2.24, 2.45) is 0 Å². The fourth-order valence-electron chi connectivity index (χ4n) is 5.53. The zero-order valence-electron chi connectivity index (χ0n) is 29.8. The lowest BCUT2D eigenvalue weighted by atomic mass is 9.91. The summed E-state index contributed by atoms with van der Waals surface area (Å²) in [5.74, 6) is 1.80. The third kappa shape index (κ3) is 15.4. The van der Waals surface area contributed by atoms with Gasteiger partial charge in [-0.25, -0.2) is 0 Å². The van der Waals surface area contributed by atoms with Gasteiger partial charge in [0.05, 0.1) is 40.8 Å². The third-order valence-corrected chi connectivity index (χ3v) is 7.91. The number of hydrogen-bond donors (Lipinski definition) is 0. The van der Waals surface area contributed by atoms with E-state index in [0.29, 0.717) is 18.5 Å². The number of carbonyl (C=O) groups is 1. The number of nitrogens with zero attached hydrogens (tertiary/aromatic N) is 2. The minimum absolute atomic E-state index is 0.259. The standard InChI is InChI=1S/C25H31NO2.C7H18N.C4H10.C3H8/c1-3-6-19-7-4-5-8-20(19)14-24-15-23(17-26(24)16-18(2)27)21-9-10-25-22(13-21)11-12-28-25;1-5-6-7-8(2,3)4;1-3-4-2;1-3-2/h4-5,7-10,13,23-24H,3,6,11-12,14-17H2,1-2H3;5-7H2,1-4H3;3-4H2,1-2H3;3H2,1-2H3/q;+1;;. The van der Waals surface area contributed by atoms with Crippen LogP contribution in [0.15, 0.2) is 42.5 Å². The first kappa shape index (κ1) is 38.9. The van der Waals surface area contributed by atoms with E-state index >= 15 is 0 Å². The second-order valence-electron chi connectivity index (χ2n) is 13.5. The van der Waals surface area contributed by atoms with Gasteiger partial charge in [0, 0.05) is 19.0 Å². The second-order valence-corrected chi connectivity index (χ2v) is 13.5. The van der Waals surface area contributed by atoms with Crippen molar-refractivity contribution in [3.63, 3.8) is 0 Å². The first-order valence-corrected chi connectivity index (χ1v) is 17.4. The van der Waals surface area contributed by atoms with E-state index in [1.807, 2.05) is 0 Å². The number of ketones is 1. The summed E-state index contributed by atoms with van der Waals surface area (Å²) in [5.41, 5.74) is 5.66. The minimum atomic E-state index is 0.259. The molecule has 4 nitrogen and oxygen atoms in total. The number of rotatable bonds is 11. The molecule has 1 saturated heterocycles. The van der Waals surface area contributed by atoms with E-state index in [1.165, 1.54) is 67.3 Å². The minimum Gasteiger partial charge on any atom is -0.493 e. The number of carbonyl (C=O) groups excluding carboxylic acids is 1. The smallest absolute Gasteiger partial charge is 0.143 e. The molecule has 2 heterocycles. The van der Waals surface area contributed by atoms with Crippen molar-refractivity contribution in [3.8, 4) is 5.75 Å². The quantitative estimate of drug-likeness (QED) is 0.243. The number of Topliss-reactive ketones (excluding diaryl/α,β-unsaturated/α-hetero) is 1. The summed E-state index contributed by atoms with van der Waals surface area (Å²) >= 11 is 0. The number of aryl methyl sites for hydroxylation is 1. The molecule has 4 rings (SSSR count). The summed E-state index contributed by atoms with van der Waals surface area (Å²) in [6.45, 7) is 18.4. The Morgan fingerprint density at radius 1 is 0.907 bits per heavy atom. The van der Waals surface area contributed by atoms with Gasteiger partial charge in [0.25, 0.3) is 0 Å². The summed E-state index contributed by atoms with van der Waals surface area (Å²) in [6, 6.07) is 16.0. The van der Waals surface area contributed by atoms with Crippen molar-refractivity contribution < 1.29 is 14.0 Å².